The number of para-hydroxylation sites is 1. The number of hydrogen-bond donors (Lipinski definition) is 1. The van der Waals surface area contributed by atoms with Crippen LogP contribution in [0.2, 0.25) is 0 Å². The number of methoxy groups -OCH3 is 1. The summed E-state index contributed by atoms with van der Waals surface area (Å²) in [5.41, 5.74) is 0.209. The quantitative estimate of drug-likeness (QED) is 0.598. The number of nitrogens with one attached hydrogen (secondary N) is 1. The first-order chi connectivity index (χ1) is 14.5. The summed E-state index contributed by atoms with van der Waals surface area (Å²) < 4.78 is 36.1. The molecule has 7 nitrogen and oxygen atoms in total. The molecule has 1 N–H and O–H groups in total. The van der Waals surface area contributed by atoms with Crippen LogP contribution in [0.3, 0.4) is 0 Å². The van der Waals surface area contributed by atoms with E-state index in [9.17, 15) is 13.2 Å². The molecule has 0 spiro atoms. The van der Waals surface area contributed by atoms with E-state index in [-0.39, 0.29) is 29.3 Å². The van der Waals surface area contributed by atoms with Crippen molar-refractivity contribution in [3.05, 3.63) is 54.1 Å². The van der Waals surface area contributed by atoms with Crippen LogP contribution in [0.1, 0.15) is 46.6 Å². The minimum absolute atomic E-state index is 0.0207. The highest BCUT2D eigenvalue weighted by atomic mass is 32.2. The predicted octanol–water partition coefficient (Wildman–Crippen LogP) is 4.57. The Morgan fingerprint density at radius 2 is 1.71 bits per heavy atom. The van der Waals surface area contributed by atoms with Gasteiger partial charge in [0.05, 0.1) is 13.7 Å². The standard InChI is InChI=1S/C23H32N2O5S/c1-7-17(2)25(22(26)24-23(3,4)5)16-18-10-8-9-11-21(18)30-31(27,28)20-14-12-19(29-6)13-15-20/h8-15,17H,7,16H2,1-6H3,(H,24,26)/t17-/m0/s1. The maximum atomic E-state index is 12.9. The lowest BCUT2D eigenvalue weighted by molar-refractivity contribution is 0.164. The van der Waals surface area contributed by atoms with Gasteiger partial charge in [-0.2, -0.15) is 8.42 Å². The summed E-state index contributed by atoms with van der Waals surface area (Å²) in [5, 5.41) is 2.98. The van der Waals surface area contributed by atoms with Gasteiger partial charge >= 0.3 is 16.1 Å². The molecule has 2 amide bonds. The van der Waals surface area contributed by atoms with Crippen molar-refractivity contribution in [1.29, 1.82) is 0 Å². The zero-order valence-corrected chi connectivity index (χ0v) is 19.8. The number of nitrogens with zero attached hydrogens (tertiary/aromatic N) is 1. The van der Waals surface area contributed by atoms with Crippen LogP contribution >= 0.6 is 0 Å². The molecule has 0 bridgehead atoms. The first-order valence-corrected chi connectivity index (χ1v) is 11.6. The van der Waals surface area contributed by atoms with Crippen LogP contribution in [-0.2, 0) is 16.7 Å². The second kappa shape index (κ2) is 10.0. The average molecular weight is 449 g/mol. The Morgan fingerprint density at radius 3 is 2.26 bits per heavy atom. The number of hydrogen-bond acceptors (Lipinski definition) is 5. The van der Waals surface area contributed by atoms with Gasteiger partial charge in [0, 0.05) is 17.1 Å². The summed E-state index contributed by atoms with van der Waals surface area (Å²) in [6.07, 6.45) is 0.755. The van der Waals surface area contributed by atoms with E-state index in [1.54, 1.807) is 41.3 Å². The van der Waals surface area contributed by atoms with Crippen LogP contribution in [0.15, 0.2) is 53.4 Å². The molecular formula is C23H32N2O5S. The van der Waals surface area contributed by atoms with Crippen molar-refractivity contribution in [3.63, 3.8) is 0 Å². The maximum Gasteiger partial charge on any atom is 0.339 e. The Labute approximate surface area is 185 Å². The van der Waals surface area contributed by atoms with Crippen LogP contribution in [0.5, 0.6) is 11.5 Å². The van der Waals surface area contributed by atoms with Crippen molar-refractivity contribution in [2.24, 2.45) is 0 Å². The third-order valence-corrected chi connectivity index (χ3v) is 5.98. The Hall–Kier alpha value is -2.74. The zero-order chi connectivity index (χ0) is 23.2. The largest absolute Gasteiger partial charge is 0.497 e. The van der Waals surface area contributed by atoms with Gasteiger partial charge in [-0.05, 0) is 64.4 Å². The van der Waals surface area contributed by atoms with Crippen LogP contribution in [0.25, 0.3) is 0 Å². The van der Waals surface area contributed by atoms with Crippen LogP contribution in [0, 0.1) is 0 Å². The maximum absolute atomic E-state index is 12.9. The van der Waals surface area contributed by atoms with Gasteiger partial charge < -0.3 is 19.1 Å². The number of carbonyl (C=O) groups excluding carboxylic acids is 1. The fourth-order valence-electron chi connectivity index (χ4n) is 2.85. The molecule has 0 aromatic heterocycles. The second-order valence-corrected chi connectivity index (χ2v) is 9.93. The molecule has 0 heterocycles. The normalized spacial score (nSPS) is 12.7. The molecular weight excluding hydrogens is 416 g/mol. The molecule has 31 heavy (non-hydrogen) atoms. The Kier molecular flexibility index (Phi) is 7.95. The molecule has 0 aliphatic heterocycles. The average Bonchev–Trinajstić information content (AvgIpc) is 2.71. The van der Waals surface area contributed by atoms with E-state index in [1.807, 2.05) is 34.6 Å². The van der Waals surface area contributed by atoms with Gasteiger partial charge in [-0.3, -0.25) is 0 Å². The van der Waals surface area contributed by atoms with Crippen molar-refractivity contribution in [2.45, 2.75) is 64.1 Å². The Balaban J connectivity index is 2.31. The summed E-state index contributed by atoms with van der Waals surface area (Å²) in [5.74, 6) is 0.739. The Bertz CT molecular complexity index is 982. The van der Waals surface area contributed by atoms with Crippen LogP contribution in [-0.4, -0.2) is 38.0 Å². The lowest BCUT2D eigenvalue weighted by Crippen LogP contribution is -2.50. The first-order valence-electron chi connectivity index (χ1n) is 10.2. The number of urea groups is 1. The number of ether oxygens (including phenoxy) is 1. The second-order valence-electron chi connectivity index (χ2n) is 8.39. The number of carbonyl (C=O) groups is 1. The minimum atomic E-state index is -4.05. The lowest BCUT2D eigenvalue weighted by Gasteiger charge is -2.32. The molecule has 0 aliphatic carbocycles. The molecule has 0 saturated heterocycles. The first kappa shape index (κ1) is 24.5. The predicted molar refractivity (Wildman–Crippen MR) is 121 cm³/mol. The van der Waals surface area contributed by atoms with Crippen molar-refractivity contribution in [2.75, 3.05) is 7.11 Å². The number of amides is 2. The highest BCUT2D eigenvalue weighted by Gasteiger charge is 2.25. The molecule has 8 heteroatoms. The Morgan fingerprint density at radius 1 is 1.10 bits per heavy atom. The summed E-state index contributed by atoms with van der Waals surface area (Å²) in [6, 6.07) is 12.6. The van der Waals surface area contributed by atoms with Gasteiger partial charge in [0.15, 0.2) is 0 Å². The molecule has 0 radical (unpaired) electrons. The minimum Gasteiger partial charge on any atom is -0.497 e. The summed E-state index contributed by atoms with van der Waals surface area (Å²) in [6.45, 7) is 9.91. The SMILES string of the molecule is CC[C@H](C)N(Cc1ccccc1OS(=O)(=O)c1ccc(OC)cc1)C(=O)NC(C)(C)C. The molecule has 2 rings (SSSR count). The monoisotopic (exact) mass is 448 g/mol. The van der Waals surface area contributed by atoms with Gasteiger partial charge in [0.25, 0.3) is 0 Å². The van der Waals surface area contributed by atoms with E-state index >= 15 is 0 Å². The molecule has 1 atom stereocenters. The summed E-state index contributed by atoms with van der Waals surface area (Å²) in [4.78, 5) is 14.6. The van der Waals surface area contributed by atoms with Gasteiger partial charge in [0.2, 0.25) is 0 Å². The zero-order valence-electron chi connectivity index (χ0n) is 19.0. The third-order valence-electron chi connectivity index (χ3n) is 4.73. The van der Waals surface area contributed by atoms with Crippen molar-refractivity contribution < 1.29 is 22.1 Å². The van der Waals surface area contributed by atoms with E-state index in [4.69, 9.17) is 8.92 Å². The summed E-state index contributed by atoms with van der Waals surface area (Å²) in [7, 11) is -2.54. The van der Waals surface area contributed by atoms with Crippen molar-refractivity contribution in [1.82, 2.24) is 10.2 Å². The van der Waals surface area contributed by atoms with Gasteiger partial charge in [-0.25, -0.2) is 4.79 Å². The van der Waals surface area contributed by atoms with E-state index in [1.165, 1.54) is 19.2 Å². The van der Waals surface area contributed by atoms with Crippen LogP contribution < -0.4 is 14.2 Å². The molecule has 0 aliphatic rings. The van der Waals surface area contributed by atoms with E-state index in [0.717, 1.165) is 6.42 Å². The fraction of sp³-hybridized carbons (Fsp3) is 0.435. The number of rotatable bonds is 8. The molecule has 2 aromatic carbocycles. The topological polar surface area (TPSA) is 84.9 Å². The molecule has 0 saturated carbocycles. The lowest BCUT2D eigenvalue weighted by atomic mass is 10.1. The number of benzene rings is 2. The molecule has 0 fully saturated rings. The van der Waals surface area contributed by atoms with Crippen molar-refractivity contribution >= 4 is 16.1 Å². The highest BCUT2D eigenvalue weighted by molar-refractivity contribution is 7.87. The van der Waals surface area contributed by atoms with E-state index in [0.29, 0.717) is 11.3 Å². The smallest absolute Gasteiger partial charge is 0.339 e. The van der Waals surface area contributed by atoms with Crippen LogP contribution in [0.4, 0.5) is 4.79 Å². The molecule has 2 aromatic rings. The molecule has 0 unspecified atom stereocenters. The fourth-order valence-corrected chi connectivity index (χ4v) is 3.81. The van der Waals surface area contributed by atoms with Gasteiger partial charge in [-0.15, -0.1) is 0 Å². The van der Waals surface area contributed by atoms with Crippen molar-refractivity contribution in [3.8, 4) is 11.5 Å². The van der Waals surface area contributed by atoms with Gasteiger partial charge in [0.1, 0.15) is 16.4 Å². The van der Waals surface area contributed by atoms with E-state index < -0.39 is 15.7 Å². The highest BCUT2D eigenvalue weighted by Crippen LogP contribution is 2.26. The summed E-state index contributed by atoms with van der Waals surface area (Å²) >= 11 is 0. The van der Waals surface area contributed by atoms with Gasteiger partial charge in [-0.1, -0.05) is 25.1 Å². The third kappa shape index (κ3) is 6.89. The van der Waals surface area contributed by atoms with E-state index in [2.05, 4.69) is 5.32 Å². The molecule has 170 valence electrons.